The molecule has 3 aromatic rings. The third kappa shape index (κ3) is 7.39. The predicted octanol–water partition coefficient (Wildman–Crippen LogP) is 4.56. The Bertz CT molecular complexity index is 1050. The molecule has 0 bridgehead atoms. The van der Waals surface area contributed by atoms with E-state index in [4.69, 9.17) is 4.74 Å². The zero-order valence-corrected chi connectivity index (χ0v) is 20.0. The van der Waals surface area contributed by atoms with Crippen LogP contribution < -0.4 is 15.4 Å². The third-order valence-corrected chi connectivity index (χ3v) is 6.13. The molecule has 33 heavy (non-hydrogen) atoms. The number of methoxy groups -OCH3 is 1. The zero-order valence-electron chi connectivity index (χ0n) is 19.2. The highest BCUT2D eigenvalue weighted by atomic mass is 32.2. The Morgan fingerprint density at radius 2 is 1.64 bits per heavy atom. The Labute approximate surface area is 199 Å². The lowest BCUT2D eigenvalue weighted by Crippen LogP contribution is -2.49. The van der Waals surface area contributed by atoms with E-state index in [2.05, 4.69) is 16.7 Å². The quantitative estimate of drug-likeness (QED) is 0.433. The molecule has 2 N–H and O–H groups in total. The molecule has 2 unspecified atom stereocenters. The lowest BCUT2D eigenvalue weighted by Gasteiger charge is -2.22. The number of amides is 2. The van der Waals surface area contributed by atoms with E-state index < -0.39 is 6.04 Å². The molecule has 0 radical (unpaired) electrons. The maximum absolute atomic E-state index is 13.2. The van der Waals surface area contributed by atoms with E-state index in [1.165, 1.54) is 0 Å². The van der Waals surface area contributed by atoms with Crippen LogP contribution in [0.5, 0.6) is 5.75 Å². The van der Waals surface area contributed by atoms with Crippen LogP contribution in [0.1, 0.15) is 29.7 Å². The topological polar surface area (TPSA) is 67.4 Å². The molecule has 2 atom stereocenters. The van der Waals surface area contributed by atoms with E-state index >= 15 is 0 Å². The number of hydrogen-bond acceptors (Lipinski definition) is 4. The Morgan fingerprint density at radius 3 is 2.30 bits per heavy atom. The highest BCUT2D eigenvalue weighted by molar-refractivity contribution is 7.98. The summed E-state index contributed by atoms with van der Waals surface area (Å²) in [6.45, 7) is 1.94. The van der Waals surface area contributed by atoms with E-state index in [0.29, 0.717) is 6.42 Å². The van der Waals surface area contributed by atoms with Crippen LogP contribution in [-0.2, 0) is 22.4 Å². The van der Waals surface area contributed by atoms with Crippen LogP contribution in [-0.4, -0.2) is 31.2 Å². The van der Waals surface area contributed by atoms with Gasteiger partial charge in [-0.2, -0.15) is 0 Å². The van der Waals surface area contributed by atoms with Crippen molar-refractivity contribution in [2.24, 2.45) is 0 Å². The minimum absolute atomic E-state index is 0.169. The van der Waals surface area contributed by atoms with Crippen molar-refractivity contribution in [3.8, 4) is 5.75 Å². The molecule has 0 saturated carbocycles. The first kappa shape index (κ1) is 24.4. The van der Waals surface area contributed by atoms with Gasteiger partial charge < -0.3 is 15.4 Å². The van der Waals surface area contributed by atoms with Gasteiger partial charge in [0.05, 0.1) is 19.6 Å². The smallest absolute Gasteiger partial charge is 0.243 e. The molecular weight excluding hydrogens is 432 g/mol. The van der Waals surface area contributed by atoms with E-state index in [9.17, 15) is 9.59 Å². The molecule has 5 nitrogen and oxygen atoms in total. The minimum atomic E-state index is -0.681. The summed E-state index contributed by atoms with van der Waals surface area (Å²) in [4.78, 5) is 27.2. The molecule has 6 heteroatoms. The highest BCUT2D eigenvalue weighted by Crippen LogP contribution is 2.18. The van der Waals surface area contributed by atoms with E-state index in [1.54, 1.807) is 18.9 Å². The fourth-order valence-corrected chi connectivity index (χ4v) is 4.04. The number of benzene rings is 3. The molecule has 0 aromatic heterocycles. The van der Waals surface area contributed by atoms with Gasteiger partial charge in [-0.3, -0.25) is 9.59 Å². The molecule has 0 saturated heterocycles. The van der Waals surface area contributed by atoms with Crippen LogP contribution in [0.2, 0.25) is 0 Å². The second-order valence-electron chi connectivity index (χ2n) is 7.84. The van der Waals surface area contributed by atoms with Crippen molar-refractivity contribution in [3.05, 3.63) is 95.6 Å². The molecule has 0 aliphatic rings. The normalized spacial score (nSPS) is 12.5. The Morgan fingerprint density at radius 1 is 0.909 bits per heavy atom. The van der Waals surface area contributed by atoms with Gasteiger partial charge >= 0.3 is 0 Å². The average Bonchev–Trinajstić information content (AvgIpc) is 2.84. The average molecular weight is 463 g/mol. The Hall–Kier alpha value is -3.25. The first-order valence-electron chi connectivity index (χ1n) is 10.9. The van der Waals surface area contributed by atoms with Crippen molar-refractivity contribution >= 4 is 23.6 Å². The fraction of sp³-hybridized carbons (Fsp3) is 0.259. The highest BCUT2D eigenvalue weighted by Gasteiger charge is 2.23. The molecule has 0 spiro atoms. The summed E-state index contributed by atoms with van der Waals surface area (Å²) in [5.74, 6) is 0.331. The van der Waals surface area contributed by atoms with E-state index in [0.717, 1.165) is 27.3 Å². The van der Waals surface area contributed by atoms with Crippen LogP contribution in [0.4, 0.5) is 0 Å². The predicted molar refractivity (Wildman–Crippen MR) is 134 cm³/mol. The maximum atomic E-state index is 13.2. The summed E-state index contributed by atoms with van der Waals surface area (Å²) in [6.07, 6.45) is 2.62. The lowest BCUT2D eigenvalue weighted by molar-refractivity contribution is -0.129. The third-order valence-electron chi connectivity index (χ3n) is 5.41. The van der Waals surface area contributed by atoms with Gasteiger partial charge in [-0.1, -0.05) is 54.6 Å². The zero-order chi connectivity index (χ0) is 23.6. The number of hydrogen-bond donors (Lipinski definition) is 2. The van der Waals surface area contributed by atoms with E-state index in [-0.39, 0.29) is 24.3 Å². The SMILES string of the molecule is COc1ccc(CC(=O)NC(Cc2cccc(SC)c2)C(=O)NC(C)c2ccccc2)cc1. The molecule has 2 amide bonds. The molecule has 3 aromatic carbocycles. The number of thioether (sulfide) groups is 1. The number of rotatable bonds is 10. The summed E-state index contributed by atoms with van der Waals surface area (Å²) in [6, 6.07) is 24.3. The van der Waals surface area contributed by atoms with Crippen molar-refractivity contribution in [1.82, 2.24) is 10.6 Å². The van der Waals surface area contributed by atoms with Gasteiger partial charge in [0.25, 0.3) is 0 Å². The van der Waals surface area contributed by atoms with E-state index in [1.807, 2.05) is 86.0 Å². The van der Waals surface area contributed by atoms with Crippen LogP contribution in [0.25, 0.3) is 0 Å². The second-order valence-corrected chi connectivity index (χ2v) is 8.72. The number of carbonyl (C=O) groups excluding carboxylic acids is 2. The van der Waals surface area contributed by atoms with Gasteiger partial charge in [-0.25, -0.2) is 0 Å². The van der Waals surface area contributed by atoms with Crippen LogP contribution in [0, 0.1) is 0 Å². The summed E-state index contributed by atoms with van der Waals surface area (Å²) < 4.78 is 5.17. The minimum Gasteiger partial charge on any atom is -0.497 e. The first-order valence-corrected chi connectivity index (χ1v) is 12.1. The number of nitrogens with one attached hydrogen (secondary N) is 2. The van der Waals surface area contributed by atoms with Crippen LogP contribution in [0.15, 0.2) is 83.8 Å². The lowest BCUT2D eigenvalue weighted by atomic mass is 10.0. The van der Waals surface area contributed by atoms with Gasteiger partial charge in [-0.05, 0) is 54.1 Å². The summed E-state index contributed by atoms with van der Waals surface area (Å²) >= 11 is 1.65. The van der Waals surface area contributed by atoms with Gasteiger partial charge in [0.1, 0.15) is 11.8 Å². The Balaban J connectivity index is 1.73. The van der Waals surface area contributed by atoms with Gasteiger partial charge in [-0.15, -0.1) is 11.8 Å². The number of ether oxygens (including phenoxy) is 1. The van der Waals surface area contributed by atoms with Crippen molar-refractivity contribution in [3.63, 3.8) is 0 Å². The summed E-state index contributed by atoms with van der Waals surface area (Å²) in [7, 11) is 1.60. The fourth-order valence-electron chi connectivity index (χ4n) is 3.56. The standard InChI is InChI=1S/C27H30N2O3S/c1-19(22-9-5-4-6-10-22)28-27(31)25(17-21-8-7-11-24(16-21)33-3)29-26(30)18-20-12-14-23(32-2)15-13-20/h4-16,19,25H,17-18H2,1-3H3,(H,28,31)(H,29,30). The van der Waals surface area contributed by atoms with Crippen molar-refractivity contribution in [1.29, 1.82) is 0 Å². The van der Waals surface area contributed by atoms with Crippen LogP contribution in [0.3, 0.4) is 0 Å². The van der Waals surface area contributed by atoms with Gasteiger partial charge in [0, 0.05) is 11.3 Å². The summed E-state index contributed by atoms with van der Waals surface area (Å²) in [5, 5.41) is 6.00. The molecule has 3 rings (SSSR count). The Kier molecular flexibility index (Phi) is 8.95. The van der Waals surface area contributed by atoms with Crippen molar-refractivity contribution < 1.29 is 14.3 Å². The molecule has 0 aliphatic carbocycles. The van der Waals surface area contributed by atoms with Gasteiger partial charge in [0.15, 0.2) is 0 Å². The molecule has 172 valence electrons. The maximum Gasteiger partial charge on any atom is 0.243 e. The largest absolute Gasteiger partial charge is 0.497 e. The molecule has 0 aliphatic heterocycles. The molecular formula is C27H30N2O3S. The van der Waals surface area contributed by atoms with Crippen molar-refractivity contribution in [2.45, 2.75) is 36.7 Å². The van der Waals surface area contributed by atoms with Crippen molar-refractivity contribution in [2.75, 3.05) is 13.4 Å². The second kappa shape index (κ2) is 12.1. The van der Waals surface area contributed by atoms with Crippen LogP contribution >= 0.6 is 11.8 Å². The summed E-state index contributed by atoms with van der Waals surface area (Å²) in [5.41, 5.74) is 2.87. The molecule has 0 fully saturated rings. The van der Waals surface area contributed by atoms with Gasteiger partial charge in [0.2, 0.25) is 11.8 Å². The monoisotopic (exact) mass is 462 g/mol. The first-order chi connectivity index (χ1) is 16.0. The number of carbonyl (C=O) groups is 2. The molecule has 0 heterocycles.